The maximum absolute atomic E-state index is 9.78. The summed E-state index contributed by atoms with van der Waals surface area (Å²) in [6, 6.07) is 1.24. The molecule has 0 aromatic carbocycles. The van der Waals surface area contributed by atoms with Crippen LogP contribution in [0.15, 0.2) is 0 Å². The predicted molar refractivity (Wildman–Crippen MR) is 41.6 cm³/mol. The number of hydrogen-bond donors (Lipinski definition) is 1. The highest BCUT2D eigenvalue weighted by Crippen LogP contribution is 2.73. The molecule has 2 aliphatic heterocycles. The van der Waals surface area contributed by atoms with Gasteiger partial charge in [-0.15, -0.1) is 0 Å². The highest BCUT2D eigenvalue weighted by molar-refractivity contribution is 5.36. The molecule has 2 aliphatic carbocycles. The zero-order valence-corrected chi connectivity index (χ0v) is 7.10. The predicted octanol–water partition coefficient (Wildman–Crippen LogP) is -0.551. The van der Waals surface area contributed by atoms with E-state index in [1.54, 1.807) is 0 Å². The fourth-order valence-corrected chi connectivity index (χ4v) is 4.21. The number of rotatable bonds is 0. The number of hydrogen-bond acceptors (Lipinski definition) is 3. The third-order valence-electron chi connectivity index (χ3n) is 4.86. The molecule has 0 bridgehead atoms. The Labute approximate surface area is 71.3 Å². The molecule has 4 fully saturated rings. The minimum absolute atomic E-state index is 0.0196. The van der Waals surface area contributed by atoms with Crippen molar-refractivity contribution in [2.75, 3.05) is 13.7 Å². The Morgan fingerprint density at radius 3 is 2.92 bits per heavy atom. The van der Waals surface area contributed by atoms with Crippen molar-refractivity contribution in [2.24, 2.45) is 11.3 Å². The highest BCUT2D eigenvalue weighted by atomic mass is 16.5. The number of piperidine rings is 2. The Kier molecular flexibility index (Phi) is 0.778. The summed E-state index contributed by atoms with van der Waals surface area (Å²) in [4.78, 5) is 2.40. The van der Waals surface area contributed by atoms with Gasteiger partial charge < -0.3 is 9.84 Å². The van der Waals surface area contributed by atoms with Gasteiger partial charge in [0.25, 0.3) is 0 Å². The topological polar surface area (TPSA) is 32.7 Å². The van der Waals surface area contributed by atoms with Crippen LogP contribution in [0.1, 0.15) is 6.42 Å². The van der Waals surface area contributed by atoms with Gasteiger partial charge in [0, 0.05) is 23.4 Å². The van der Waals surface area contributed by atoms with Crippen LogP contribution in [0.2, 0.25) is 0 Å². The molecule has 0 aromatic heterocycles. The van der Waals surface area contributed by atoms with E-state index in [0.29, 0.717) is 29.5 Å². The first-order valence-corrected chi connectivity index (χ1v) is 4.79. The number of likely N-dealkylation sites (tertiary alicyclic amines) is 1. The molecule has 0 aromatic rings. The third-order valence-corrected chi connectivity index (χ3v) is 4.86. The van der Waals surface area contributed by atoms with Gasteiger partial charge in [-0.3, -0.25) is 4.90 Å². The number of aliphatic hydroxyl groups excluding tert-OH is 1. The first kappa shape index (κ1) is 6.35. The van der Waals surface area contributed by atoms with Crippen LogP contribution in [0, 0.1) is 11.3 Å². The van der Waals surface area contributed by atoms with Gasteiger partial charge in [-0.05, 0) is 13.5 Å². The second kappa shape index (κ2) is 1.47. The van der Waals surface area contributed by atoms with Crippen molar-refractivity contribution in [1.29, 1.82) is 0 Å². The van der Waals surface area contributed by atoms with E-state index in [-0.39, 0.29) is 6.10 Å². The van der Waals surface area contributed by atoms with Crippen molar-refractivity contribution >= 4 is 0 Å². The molecular weight excluding hydrogens is 154 g/mol. The van der Waals surface area contributed by atoms with Crippen LogP contribution in [-0.2, 0) is 4.74 Å². The van der Waals surface area contributed by atoms with Gasteiger partial charge in [-0.2, -0.15) is 0 Å². The quantitative estimate of drug-likeness (QED) is 0.525. The molecule has 0 radical (unpaired) electrons. The molecule has 0 amide bonds. The van der Waals surface area contributed by atoms with Gasteiger partial charge in [-0.1, -0.05) is 0 Å². The largest absolute Gasteiger partial charge is 0.392 e. The highest BCUT2D eigenvalue weighted by Gasteiger charge is 2.85. The van der Waals surface area contributed by atoms with Crippen LogP contribution in [0.5, 0.6) is 0 Å². The van der Waals surface area contributed by atoms with Crippen LogP contribution in [0.3, 0.4) is 0 Å². The van der Waals surface area contributed by atoms with E-state index in [9.17, 15) is 5.11 Å². The third kappa shape index (κ3) is 0.326. The maximum Gasteiger partial charge on any atom is 0.0795 e. The Bertz CT molecular complexity index is 259. The lowest BCUT2D eigenvalue weighted by Crippen LogP contribution is -2.97. The van der Waals surface area contributed by atoms with Crippen LogP contribution in [-0.4, -0.2) is 48.0 Å². The zero-order valence-electron chi connectivity index (χ0n) is 7.10. The molecule has 2 heterocycles. The minimum atomic E-state index is -0.0196. The van der Waals surface area contributed by atoms with Gasteiger partial charge in [0.15, 0.2) is 0 Å². The van der Waals surface area contributed by atoms with Crippen LogP contribution in [0.4, 0.5) is 0 Å². The monoisotopic (exact) mass is 167 g/mol. The lowest BCUT2D eigenvalue weighted by atomic mass is 9.34. The summed E-state index contributed by atoms with van der Waals surface area (Å²) in [6.07, 6.45) is 1.45. The molecule has 6 atom stereocenters. The number of likely N-dealkylation sites (N-methyl/N-ethyl adjacent to an activating group) is 1. The normalized spacial score (nSPS) is 72.0. The van der Waals surface area contributed by atoms with Crippen LogP contribution < -0.4 is 0 Å². The Balaban J connectivity index is 1.75. The Morgan fingerprint density at radius 2 is 2.42 bits per heavy atom. The first-order valence-electron chi connectivity index (χ1n) is 4.79. The molecule has 1 spiro atoms. The maximum atomic E-state index is 9.78. The summed E-state index contributed by atoms with van der Waals surface area (Å²) in [5.41, 5.74) is 0.303. The van der Waals surface area contributed by atoms with Crippen LogP contribution >= 0.6 is 0 Å². The van der Waals surface area contributed by atoms with Gasteiger partial charge in [0.05, 0.1) is 18.8 Å². The zero-order chi connectivity index (χ0) is 8.09. The average molecular weight is 167 g/mol. The lowest BCUT2D eigenvalue weighted by molar-refractivity contribution is -0.440. The molecule has 2 saturated heterocycles. The standard InChI is InChI=1S/C9H13NO2/c1-10-5-2-6(11)9(5)4-3-12-7(4)8(9)10/h4-8,11H,2-3H2,1H3. The van der Waals surface area contributed by atoms with Crippen molar-refractivity contribution in [3.63, 3.8) is 0 Å². The van der Waals surface area contributed by atoms with Gasteiger partial charge in [0.1, 0.15) is 0 Å². The van der Waals surface area contributed by atoms with Crippen molar-refractivity contribution < 1.29 is 9.84 Å². The lowest BCUT2D eigenvalue weighted by Gasteiger charge is -2.85. The molecule has 1 N–H and O–H groups in total. The van der Waals surface area contributed by atoms with E-state index < -0.39 is 0 Å². The van der Waals surface area contributed by atoms with Gasteiger partial charge in [-0.25, -0.2) is 0 Å². The van der Waals surface area contributed by atoms with Crippen molar-refractivity contribution in [3.8, 4) is 0 Å². The van der Waals surface area contributed by atoms with Gasteiger partial charge in [0.2, 0.25) is 0 Å². The minimum Gasteiger partial charge on any atom is -0.392 e. The Morgan fingerprint density at radius 1 is 1.58 bits per heavy atom. The average Bonchev–Trinajstić information content (AvgIpc) is 2.02. The number of nitrogens with zero attached hydrogens (tertiary/aromatic N) is 1. The van der Waals surface area contributed by atoms with E-state index in [1.165, 1.54) is 0 Å². The molecule has 3 heteroatoms. The number of ether oxygens (including phenoxy) is 1. The van der Waals surface area contributed by atoms with E-state index in [2.05, 4.69) is 11.9 Å². The smallest absolute Gasteiger partial charge is 0.0795 e. The van der Waals surface area contributed by atoms with E-state index >= 15 is 0 Å². The van der Waals surface area contributed by atoms with Crippen molar-refractivity contribution in [1.82, 2.24) is 4.90 Å². The fourth-order valence-electron chi connectivity index (χ4n) is 4.21. The van der Waals surface area contributed by atoms with E-state index in [0.717, 1.165) is 13.0 Å². The molecule has 3 nitrogen and oxygen atoms in total. The summed E-state index contributed by atoms with van der Waals surface area (Å²) in [5, 5.41) is 9.78. The number of aliphatic hydroxyl groups is 1. The fraction of sp³-hybridized carbons (Fsp3) is 1.00. The summed E-state index contributed by atoms with van der Waals surface area (Å²) in [6.45, 7) is 0.905. The molecule has 12 heavy (non-hydrogen) atoms. The number of fused-ring (bicyclic) bond motifs is 2. The van der Waals surface area contributed by atoms with Crippen molar-refractivity contribution in [3.05, 3.63) is 0 Å². The van der Waals surface area contributed by atoms with Crippen LogP contribution in [0.25, 0.3) is 0 Å². The Hall–Kier alpha value is -0.120. The van der Waals surface area contributed by atoms with E-state index in [4.69, 9.17) is 4.74 Å². The summed E-state index contributed by atoms with van der Waals surface area (Å²) in [5.74, 6) is 0.701. The summed E-state index contributed by atoms with van der Waals surface area (Å²) < 4.78 is 5.48. The van der Waals surface area contributed by atoms with Crippen molar-refractivity contribution in [2.45, 2.75) is 30.7 Å². The second-order valence-corrected chi connectivity index (χ2v) is 4.78. The molecule has 4 rings (SSSR count). The second-order valence-electron chi connectivity index (χ2n) is 4.78. The summed E-state index contributed by atoms with van der Waals surface area (Å²) in [7, 11) is 2.16. The molecule has 2 saturated carbocycles. The van der Waals surface area contributed by atoms with Gasteiger partial charge >= 0.3 is 0 Å². The molecule has 66 valence electrons. The molecule has 4 aliphatic rings. The molecular formula is C9H13NO2. The first-order chi connectivity index (χ1) is 5.78. The summed E-state index contributed by atoms with van der Waals surface area (Å²) >= 11 is 0. The SMILES string of the molecule is CN1C2CC(O)C23C2COC2C13. The molecule has 6 unspecified atom stereocenters. The van der Waals surface area contributed by atoms with E-state index in [1.807, 2.05) is 0 Å².